The van der Waals surface area contributed by atoms with Crippen molar-refractivity contribution in [3.8, 4) is 5.75 Å². The van der Waals surface area contributed by atoms with E-state index in [2.05, 4.69) is 10.4 Å². The van der Waals surface area contributed by atoms with Gasteiger partial charge in [0.25, 0.3) is 5.91 Å². The Morgan fingerprint density at radius 2 is 2.19 bits per heavy atom. The van der Waals surface area contributed by atoms with E-state index in [1.54, 1.807) is 36.1 Å². The zero-order valence-corrected chi connectivity index (χ0v) is 8.71. The Bertz CT molecular complexity index is 519. The van der Waals surface area contributed by atoms with E-state index < -0.39 is 0 Å². The molecule has 0 bridgehead atoms. The molecular formula is C11H11N3O2. The minimum Gasteiger partial charge on any atom is -0.507 e. The van der Waals surface area contributed by atoms with Gasteiger partial charge in [-0.25, -0.2) is 0 Å². The molecule has 0 unspecified atom stereocenters. The second-order valence-corrected chi connectivity index (χ2v) is 3.37. The zero-order chi connectivity index (χ0) is 11.5. The van der Waals surface area contributed by atoms with Crippen LogP contribution < -0.4 is 5.32 Å². The number of hydrogen-bond donors (Lipinski definition) is 2. The summed E-state index contributed by atoms with van der Waals surface area (Å²) in [6, 6.07) is 6.38. The lowest BCUT2D eigenvalue weighted by Crippen LogP contribution is -2.11. The second-order valence-electron chi connectivity index (χ2n) is 3.37. The quantitative estimate of drug-likeness (QED) is 0.798. The molecule has 0 fully saturated rings. The lowest BCUT2D eigenvalue weighted by Gasteiger charge is -2.03. The number of phenolic OH excluding ortho intramolecular Hbond substituents is 1. The fourth-order valence-electron chi connectivity index (χ4n) is 1.35. The molecule has 0 saturated carbocycles. The summed E-state index contributed by atoms with van der Waals surface area (Å²) in [6.07, 6.45) is 3.22. The van der Waals surface area contributed by atoms with Crippen molar-refractivity contribution >= 4 is 11.6 Å². The molecule has 1 amide bonds. The number of aryl methyl sites for hydroxylation is 1. The van der Waals surface area contributed by atoms with Gasteiger partial charge in [0.1, 0.15) is 5.75 Å². The number of carbonyl (C=O) groups is 1. The van der Waals surface area contributed by atoms with Crippen LogP contribution in [0.5, 0.6) is 5.75 Å². The van der Waals surface area contributed by atoms with Crippen LogP contribution in [-0.2, 0) is 7.05 Å². The van der Waals surface area contributed by atoms with Gasteiger partial charge in [0, 0.05) is 13.2 Å². The first-order chi connectivity index (χ1) is 7.66. The first-order valence-corrected chi connectivity index (χ1v) is 4.75. The SMILES string of the molecule is Cn1cc(NC(=O)c2ccccc2O)cn1. The molecule has 0 atom stereocenters. The molecule has 1 aromatic carbocycles. The van der Waals surface area contributed by atoms with Crippen molar-refractivity contribution in [3.05, 3.63) is 42.2 Å². The van der Waals surface area contributed by atoms with E-state index in [9.17, 15) is 9.90 Å². The van der Waals surface area contributed by atoms with Crippen LogP contribution in [-0.4, -0.2) is 20.8 Å². The normalized spacial score (nSPS) is 10.1. The van der Waals surface area contributed by atoms with E-state index in [0.29, 0.717) is 5.69 Å². The molecule has 0 aliphatic rings. The van der Waals surface area contributed by atoms with E-state index in [1.807, 2.05) is 0 Å². The third-order valence-electron chi connectivity index (χ3n) is 2.11. The average Bonchev–Trinajstić information content (AvgIpc) is 2.64. The maximum atomic E-state index is 11.7. The highest BCUT2D eigenvalue weighted by Crippen LogP contribution is 2.17. The molecule has 5 nitrogen and oxygen atoms in total. The topological polar surface area (TPSA) is 67.2 Å². The number of nitrogens with zero attached hydrogens (tertiary/aromatic N) is 2. The fraction of sp³-hybridized carbons (Fsp3) is 0.0909. The van der Waals surface area contributed by atoms with Gasteiger partial charge in [0.15, 0.2) is 0 Å². The van der Waals surface area contributed by atoms with Gasteiger partial charge in [-0.3, -0.25) is 9.48 Å². The summed E-state index contributed by atoms with van der Waals surface area (Å²) in [6.45, 7) is 0. The molecule has 5 heteroatoms. The molecule has 2 N–H and O–H groups in total. The Balaban J connectivity index is 2.18. The van der Waals surface area contributed by atoms with Crippen LogP contribution in [0.2, 0.25) is 0 Å². The van der Waals surface area contributed by atoms with Crippen LogP contribution in [0.25, 0.3) is 0 Å². The highest BCUT2D eigenvalue weighted by molar-refractivity contribution is 6.05. The Morgan fingerprint density at radius 3 is 2.81 bits per heavy atom. The van der Waals surface area contributed by atoms with Crippen molar-refractivity contribution in [2.45, 2.75) is 0 Å². The number of benzene rings is 1. The molecule has 2 aromatic rings. The third-order valence-corrected chi connectivity index (χ3v) is 2.11. The number of nitrogens with one attached hydrogen (secondary N) is 1. The molecule has 0 saturated heterocycles. The summed E-state index contributed by atoms with van der Waals surface area (Å²) in [5, 5.41) is 16.0. The highest BCUT2D eigenvalue weighted by Gasteiger charge is 2.10. The smallest absolute Gasteiger partial charge is 0.259 e. The number of hydrogen-bond acceptors (Lipinski definition) is 3. The van der Waals surface area contributed by atoms with E-state index in [1.165, 1.54) is 12.3 Å². The monoisotopic (exact) mass is 217 g/mol. The second kappa shape index (κ2) is 4.06. The number of para-hydroxylation sites is 1. The standard InChI is InChI=1S/C11H11N3O2/c1-14-7-8(6-12-14)13-11(16)9-4-2-3-5-10(9)15/h2-7,15H,1H3,(H,13,16). The molecule has 0 radical (unpaired) electrons. The van der Waals surface area contributed by atoms with Gasteiger partial charge in [0.05, 0.1) is 17.4 Å². The first-order valence-electron chi connectivity index (χ1n) is 4.75. The Kier molecular flexibility index (Phi) is 2.59. The van der Waals surface area contributed by atoms with Gasteiger partial charge >= 0.3 is 0 Å². The number of aromatic hydroxyl groups is 1. The van der Waals surface area contributed by atoms with Gasteiger partial charge in [-0.05, 0) is 12.1 Å². The maximum Gasteiger partial charge on any atom is 0.259 e. The summed E-state index contributed by atoms with van der Waals surface area (Å²) < 4.78 is 1.58. The summed E-state index contributed by atoms with van der Waals surface area (Å²) in [4.78, 5) is 11.7. The largest absolute Gasteiger partial charge is 0.507 e. The zero-order valence-electron chi connectivity index (χ0n) is 8.71. The molecule has 16 heavy (non-hydrogen) atoms. The Labute approximate surface area is 92.3 Å². The minimum absolute atomic E-state index is 0.0381. The summed E-state index contributed by atoms with van der Waals surface area (Å²) in [5.74, 6) is -0.394. The van der Waals surface area contributed by atoms with Gasteiger partial charge in [-0.1, -0.05) is 12.1 Å². The molecular weight excluding hydrogens is 206 g/mol. The van der Waals surface area contributed by atoms with Gasteiger partial charge in [0.2, 0.25) is 0 Å². The molecule has 0 spiro atoms. The molecule has 1 heterocycles. The van der Waals surface area contributed by atoms with Crippen molar-refractivity contribution in [1.29, 1.82) is 0 Å². The van der Waals surface area contributed by atoms with Gasteiger partial charge < -0.3 is 10.4 Å². The number of rotatable bonds is 2. The summed E-state index contributed by atoms with van der Waals surface area (Å²) >= 11 is 0. The highest BCUT2D eigenvalue weighted by atomic mass is 16.3. The number of amides is 1. The summed E-state index contributed by atoms with van der Waals surface area (Å²) in [5.41, 5.74) is 0.835. The lowest BCUT2D eigenvalue weighted by atomic mass is 10.2. The van der Waals surface area contributed by atoms with Crippen molar-refractivity contribution in [1.82, 2.24) is 9.78 Å². The van der Waals surface area contributed by atoms with Crippen LogP contribution in [0.4, 0.5) is 5.69 Å². The van der Waals surface area contributed by atoms with Crippen molar-refractivity contribution < 1.29 is 9.90 Å². The number of aromatic nitrogens is 2. The molecule has 2 rings (SSSR count). The average molecular weight is 217 g/mol. The third kappa shape index (κ3) is 2.03. The van der Waals surface area contributed by atoms with Crippen LogP contribution in [0, 0.1) is 0 Å². The number of phenols is 1. The molecule has 1 aromatic heterocycles. The van der Waals surface area contributed by atoms with E-state index in [0.717, 1.165) is 0 Å². The number of anilines is 1. The van der Waals surface area contributed by atoms with Crippen molar-refractivity contribution in [2.75, 3.05) is 5.32 Å². The van der Waals surface area contributed by atoms with E-state index >= 15 is 0 Å². The predicted octanol–water partition coefficient (Wildman–Crippen LogP) is 1.38. The Hall–Kier alpha value is -2.30. The van der Waals surface area contributed by atoms with Crippen molar-refractivity contribution in [3.63, 3.8) is 0 Å². The van der Waals surface area contributed by atoms with Crippen molar-refractivity contribution in [2.24, 2.45) is 7.05 Å². The molecule has 82 valence electrons. The fourth-order valence-corrected chi connectivity index (χ4v) is 1.35. The summed E-state index contributed by atoms with van der Waals surface area (Å²) in [7, 11) is 1.76. The van der Waals surface area contributed by atoms with Crippen LogP contribution >= 0.6 is 0 Å². The van der Waals surface area contributed by atoms with Gasteiger partial charge in [-0.15, -0.1) is 0 Å². The minimum atomic E-state index is -0.355. The molecule has 0 aliphatic heterocycles. The van der Waals surface area contributed by atoms with Gasteiger partial charge in [-0.2, -0.15) is 5.10 Å². The number of carbonyl (C=O) groups excluding carboxylic acids is 1. The predicted molar refractivity (Wildman–Crippen MR) is 59.3 cm³/mol. The van der Waals surface area contributed by atoms with Crippen LogP contribution in [0.1, 0.15) is 10.4 Å². The molecule has 0 aliphatic carbocycles. The van der Waals surface area contributed by atoms with Crippen LogP contribution in [0.15, 0.2) is 36.7 Å². The Morgan fingerprint density at radius 1 is 1.44 bits per heavy atom. The van der Waals surface area contributed by atoms with Crippen LogP contribution in [0.3, 0.4) is 0 Å². The van der Waals surface area contributed by atoms with E-state index in [-0.39, 0.29) is 17.2 Å². The van der Waals surface area contributed by atoms with E-state index in [4.69, 9.17) is 0 Å². The first kappa shape index (κ1) is 10.2. The maximum absolute atomic E-state index is 11.7. The lowest BCUT2D eigenvalue weighted by molar-refractivity contribution is 0.102.